The molecule has 5 heterocycles. The summed E-state index contributed by atoms with van der Waals surface area (Å²) < 4.78 is 4.75. The average molecular weight is 783 g/mol. The summed E-state index contributed by atoms with van der Waals surface area (Å²) in [6, 6.07) is 16.3. The number of hydrogen-bond donors (Lipinski definition) is 4. The highest BCUT2D eigenvalue weighted by Crippen LogP contribution is 2.34. The molecule has 4 atom stereocenters. The van der Waals surface area contributed by atoms with Gasteiger partial charge < -0.3 is 35.1 Å². The lowest BCUT2D eigenvalue weighted by atomic mass is 10.0. The fraction of sp³-hybridized carbons (Fsp3) is 0.386. The number of carbonyl (C=O) groups excluding carboxylic acids is 3. The van der Waals surface area contributed by atoms with Crippen molar-refractivity contribution < 1.29 is 19.1 Å². The van der Waals surface area contributed by atoms with Crippen molar-refractivity contribution in [2.75, 3.05) is 25.5 Å². The molecule has 0 saturated carbocycles. The Labute approximate surface area is 338 Å². The van der Waals surface area contributed by atoms with Crippen molar-refractivity contribution in [2.24, 2.45) is 11.8 Å². The molecule has 2 aliphatic heterocycles. The molecule has 0 radical (unpaired) electrons. The third-order valence-corrected chi connectivity index (χ3v) is 10.8. The van der Waals surface area contributed by atoms with Gasteiger partial charge in [-0.05, 0) is 79.0 Å². The molecule has 14 heteroatoms. The molecule has 3 aromatic heterocycles. The first-order valence-electron chi connectivity index (χ1n) is 19.9. The first kappa shape index (κ1) is 39.7. The van der Waals surface area contributed by atoms with E-state index in [-0.39, 0.29) is 35.7 Å². The van der Waals surface area contributed by atoms with Crippen molar-refractivity contribution in [1.82, 2.24) is 45.0 Å². The lowest BCUT2D eigenvalue weighted by Gasteiger charge is -2.30. The third-order valence-electron chi connectivity index (χ3n) is 10.8. The number of ether oxygens (including phenoxy) is 1. The Hall–Kier alpha value is -6.49. The second kappa shape index (κ2) is 17.8. The van der Waals surface area contributed by atoms with Crippen molar-refractivity contribution in [3.63, 3.8) is 0 Å². The minimum Gasteiger partial charge on any atom is -0.453 e. The van der Waals surface area contributed by atoms with Crippen LogP contribution in [0.4, 0.5) is 10.7 Å². The molecular formula is C44H50N10O4. The van der Waals surface area contributed by atoms with E-state index < -0.39 is 18.2 Å². The minimum absolute atomic E-state index is 0.0183. The smallest absolute Gasteiger partial charge is 0.407 e. The van der Waals surface area contributed by atoms with E-state index >= 15 is 0 Å². The zero-order valence-corrected chi connectivity index (χ0v) is 33.5. The Morgan fingerprint density at radius 3 is 1.62 bits per heavy atom. The largest absolute Gasteiger partial charge is 0.453 e. The summed E-state index contributed by atoms with van der Waals surface area (Å²) in [5, 5.41) is 5.93. The molecule has 3 amide bonds. The molecule has 300 valence electrons. The molecule has 14 nitrogen and oxygen atoms in total. The van der Waals surface area contributed by atoms with Crippen molar-refractivity contribution in [3.8, 4) is 34.4 Å². The van der Waals surface area contributed by atoms with Gasteiger partial charge in [-0.2, -0.15) is 0 Å². The molecule has 58 heavy (non-hydrogen) atoms. The molecule has 7 rings (SSSR count). The van der Waals surface area contributed by atoms with E-state index in [1.165, 1.54) is 7.11 Å². The number of aromatic amines is 2. The molecule has 2 saturated heterocycles. The number of anilines is 1. The fourth-order valence-electron chi connectivity index (χ4n) is 7.63. The van der Waals surface area contributed by atoms with Gasteiger partial charge in [0.15, 0.2) is 0 Å². The predicted octanol–water partition coefficient (Wildman–Crippen LogP) is 6.50. The number of likely N-dealkylation sites (tertiary alicyclic amines) is 2. The zero-order valence-electron chi connectivity index (χ0n) is 33.5. The molecule has 5 aromatic rings. The Morgan fingerprint density at radius 2 is 1.17 bits per heavy atom. The van der Waals surface area contributed by atoms with Crippen LogP contribution in [0.5, 0.6) is 0 Å². The summed E-state index contributed by atoms with van der Waals surface area (Å²) in [7, 11) is 1.29. The highest BCUT2D eigenvalue weighted by Gasteiger charge is 2.38. The van der Waals surface area contributed by atoms with E-state index in [1.807, 2.05) is 87.3 Å². The maximum Gasteiger partial charge on any atom is 0.407 e. The van der Waals surface area contributed by atoms with Crippen molar-refractivity contribution in [2.45, 2.75) is 77.5 Å². The van der Waals surface area contributed by atoms with Crippen molar-refractivity contribution in [3.05, 3.63) is 102 Å². The molecule has 4 unspecified atom stereocenters. The highest BCUT2D eigenvalue weighted by atomic mass is 16.5. The van der Waals surface area contributed by atoms with Crippen LogP contribution >= 0.6 is 0 Å². The van der Waals surface area contributed by atoms with Crippen LogP contribution in [0, 0.1) is 23.7 Å². The van der Waals surface area contributed by atoms with E-state index in [4.69, 9.17) is 9.72 Å². The lowest BCUT2D eigenvalue weighted by Crippen LogP contribution is -2.51. The predicted molar refractivity (Wildman–Crippen MR) is 220 cm³/mol. The van der Waals surface area contributed by atoms with E-state index in [0.29, 0.717) is 19.0 Å². The summed E-state index contributed by atoms with van der Waals surface area (Å²) in [4.78, 5) is 67.8. The van der Waals surface area contributed by atoms with Gasteiger partial charge in [0.2, 0.25) is 17.8 Å². The quantitative estimate of drug-likeness (QED) is 0.109. The van der Waals surface area contributed by atoms with Gasteiger partial charge in [0.05, 0.1) is 43.0 Å². The second-order valence-electron chi connectivity index (χ2n) is 15.4. The van der Waals surface area contributed by atoms with E-state index in [1.54, 1.807) is 29.6 Å². The van der Waals surface area contributed by atoms with Gasteiger partial charge in [-0.25, -0.2) is 24.7 Å². The van der Waals surface area contributed by atoms with E-state index in [2.05, 4.69) is 47.4 Å². The van der Waals surface area contributed by atoms with Gasteiger partial charge in [-0.15, -0.1) is 0 Å². The summed E-state index contributed by atoms with van der Waals surface area (Å²) in [5.74, 6) is 8.28. The van der Waals surface area contributed by atoms with Gasteiger partial charge in [0.1, 0.15) is 23.7 Å². The summed E-state index contributed by atoms with van der Waals surface area (Å²) in [6.07, 6.45) is 9.69. The van der Waals surface area contributed by atoms with Crippen LogP contribution in [0.25, 0.3) is 22.5 Å². The number of aromatic nitrogens is 6. The van der Waals surface area contributed by atoms with Crippen molar-refractivity contribution in [1.29, 1.82) is 0 Å². The fourth-order valence-corrected chi connectivity index (χ4v) is 7.63. The number of carbonyl (C=O) groups is 3. The Bertz CT molecular complexity index is 2260. The van der Waals surface area contributed by atoms with Crippen LogP contribution in [0.3, 0.4) is 0 Å². The first-order valence-corrected chi connectivity index (χ1v) is 19.9. The first-order chi connectivity index (χ1) is 28.1. The average Bonchev–Trinajstić information content (AvgIpc) is 4.08. The number of nitrogens with one attached hydrogen (secondary N) is 4. The van der Waals surface area contributed by atoms with Crippen molar-refractivity contribution >= 4 is 23.9 Å². The van der Waals surface area contributed by atoms with Crippen LogP contribution in [0.15, 0.2) is 79.4 Å². The Balaban J connectivity index is 0.969. The highest BCUT2D eigenvalue weighted by molar-refractivity contribution is 5.86. The molecule has 0 spiro atoms. The van der Waals surface area contributed by atoms with Gasteiger partial charge >= 0.3 is 6.09 Å². The number of imidazole rings is 2. The maximum absolute atomic E-state index is 13.8. The number of rotatable bonds is 11. The van der Waals surface area contributed by atoms with Crippen LogP contribution < -0.4 is 10.6 Å². The van der Waals surface area contributed by atoms with Gasteiger partial charge in [0, 0.05) is 36.6 Å². The minimum atomic E-state index is -0.685. The monoisotopic (exact) mass is 782 g/mol. The van der Waals surface area contributed by atoms with Crippen LogP contribution in [0.1, 0.15) is 88.2 Å². The molecule has 2 fully saturated rings. The van der Waals surface area contributed by atoms with Crippen LogP contribution in [-0.4, -0.2) is 89.9 Å². The molecule has 4 N–H and O–H groups in total. The van der Waals surface area contributed by atoms with Crippen LogP contribution in [0.2, 0.25) is 0 Å². The standard InChI is InChI=1S/C44H50N10O4/c1-27(2)37(51-43-45-21-8-22-46-43)41(55)53-23-6-9-35(53)39-47-25-33(49-39)31-17-13-29(14-18-31)11-12-30-15-19-32(20-16-30)34-26-48-40(50-34)36-10-7-24-54(36)42(56)38(28(3)4)52-44(57)58-5/h8,13-22,25-28,35-38H,6-7,9-10,23-24H2,1-5H3,(H,47,49)(H,48,50)(H,52,57)(H,45,46,51). The second-order valence-corrected chi connectivity index (χ2v) is 15.4. The molecule has 2 aromatic carbocycles. The summed E-state index contributed by atoms with van der Waals surface area (Å²) in [6.45, 7) is 9.11. The number of methoxy groups -OCH3 is 1. The SMILES string of the molecule is COC(=O)NC(C(=O)N1CCCC1c1ncc(-c2ccc(C#Cc3ccc(-c4cnc(C5CCCN5C(=O)C(Nc5ncccn5)C(C)C)[nH]4)cc3)cc2)[nH]1)C(C)C. The maximum atomic E-state index is 13.8. The number of amides is 3. The summed E-state index contributed by atoms with van der Waals surface area (Å²) >= 11 is 0. The molecule has 0 bridgehead atoms. The summed E-state index contributed by atoms with van der Waals surface area (Å²) in [5.41, 5.74) is 5.42. The third kappa shape index (κ3) is 8.89. The van der Waals surface area contributed by atoms with Gasteiger partial charge in [-0.1, -0.05) is 63.8 Å². The van der Waals surface area contributed by atoms with Gasteiger partial charge in [-0.3, -0.25) is 9.59 Å². The Morgan fingerprint density at radius 1 is 0.707 bits per heavy atom. The van der Waals surface area contributed by atoms with E-state index in [0.717, 1.165) is 71.0 Å². The number of hydrogen-bond acceptors (Lipinski definition) is 9. The van der Waals surface area contributed by atoms with E-state index in [9.17, 15) is 14.4 Å². The van der Waals surface area contributed by atoms with Gasteiger partial charge in [0.25, 0.3) is 0 Å². The topological polar surface area (TPSA) is 174 Å². The molecular weight excluding hydrogens is 733 g/mol. The number of alkyl carbamates (subject to hydrolysis) is 1. The lowest BCUT2D eigenvalue weighted by molar-refractivity contribution is -0.135. The normalized spacial score (nSPS) is 17.5. The number of nitrogens with zero attached hydrogens (tertiary/aromatic N) is 6. The molecule has 0 aliphatic carbocycles. The zero-order chi connectivity index (χ0) is 40.8. The Kier molecular flexibility index (Phi) is 12.2. The van der Waals surface area contributed by atoms with Crippen LogP contribution in [-0.2, 0) is 14.3 Å². The number of benzene rings is 2. The number of H-pyrrole nitrogens is 2. The molecule has 2 aliphatic rings.